The van der Waals surface area contributed by atoms with E-state index < -0.39 is 97.5 Å². The molecular weight excluding hydrogens is 1160 g/mol. The van der Waals surface area contributed by atoms with Crippen LogP contribution in [-0.4, -0.2) is 96.7 Å². The molecule has 5 atom stereocenters. The van der Waals surface area contributed by atoms with Gasteiger partial charge < -0.3 is 33.8 Å². The number of esters is 4. The highest BCUT2D eigenvalue weighted by molar-refractivity contribution is 7.47. The van der Waals surface area contributed by atoms with Crippen LogP contribution >= 0.6 is 15.6 Å². The van der Waals surface area contributed by atoms with Gasteiger partial charge in [-0.15, -0.1) is 0 Å². The third-order valence-electron chi connectivity index (χ3n) is 15.9. The highest BCUT2D eigenvalue weighted by atomic mass is 31.2. The van der Waals surface area contributed by atoms with E-state index >= 15 is 0 Å². The van der Waals surface area contributed by atoms with Gasteiger partial charge in [-0.3, -0.25) is 37.3 Å². The predicted molar refractivity (Wildman–Crippen MR) is 354 cm³/mol. The second kappa shape index (κ2) is 60.0. The SMILES string of the molecule is CCCCCCCCCCCCCCC(=O)O[C@H](COC(=O)CCCCCCCCC(C)C)COP(=O)(O)OC[C@H](O)COP(=O)(O)OC[C@@H](COC(=O)CCCCCCCCCCCC(C)C)OC(=O)CCCCCCCCCCCCCCC(C)C. The highest BCUT2D eigenvalue weighted by Crippen LogP contribution is 2.45. The van der Waals surface area contributed by atoms with Crippen molar-refractivity contribution in [2.45, 2.75) is 362 Å². The third-order valence-corrected chi connectivity index (χ3v) is 17.8. The summed E-state index contributed by atoms with van der Waals surface area (Å²) in [5.74, 6) is 0.0715. The molecule has 0 aromatic rings. The Labute approximate surface area is 537 Å². The average molecular weight is 1300 g/mol. The number of aliphatic hydroxyl groups is 1. The van der Waals surface area contributed by atoms with E-state index in [0.29, 0.717) is 31.6 Å². The Morgan fingerprint density at radius 2 is 0.523 bits per heavy atom. The molecule has 0 aliphatic carbocycles. The molecule has 0 aromatic carbocycles. The monoisotopic (exact) mass is 1300 g/mol. The first kappa shape index (κ1) is 86.1. The van der Waals surface area contributed by atoms with Gasteiger partial charge in [0.15, 0.2) is 12.2 Å². The summed E-state index contributed by atoms with van der Waals surface area (Å²) in [5.41, 5.74) is 0. The van der Waals surface area contributed by atoms with Gasteiger partial charge in [0.05, 0.1) is 26.4 Å². The predicted octanol–water partition coefficient (Wildman–Crippen LogP) is 19.5. The van der Waals surface area contributed by atoms with Crippen molar-refractivity contribution < 1.29 is 80.2 Å². The average Bonchev–Trinajstić information content (AvgIpc) is 3.56. The van der Waals surface area contributed by atoms with Gasteiger partial charge in [0.2, 0.25) is 0 Å². The van der Waals surface area contributed by atoms with Crippen LogP contribution in [0.4, 0.5) is 0 Å². The van der Waals surface area contributed by atoms with Gasteiger partial charge in [-0.2, -0.15) is 0 Å². The molecule has 3 N–H and O–H groups in total. The Kier molecular flexibility index (Phi) is 58.7. The van der Waals surface area contributed by atoms with Crippen molar-refractivity contribution >= 4 is 39.5 Å². The van der Waals surface area contributed by atoms with E-state index in [0.717, 1.165) is 108 Å². The zero-order valence-electron chi connectivity index (χ0n) is 57.2. The summed E-state index contributed by atoms with van der Waals surface area (Å²) in [6, 6.07) is 0. The van der Waals surface area contributed by atoms with Crippen LogP contribution in [0.1, 0.15) is 344 Å². The minimum absolute atomic E-state index is 0.106. The lowest BCUT2D eigenvalue weighted by Crippen LogP contribution is -2.30. The molecule has 0 aliphatic rings. The molecule has 0 aromatic heterocycles. The first-order valence-corrected chi connectivity index (χ1v) is 38.8. The molecule has 0 saturated heterocycles. The Morgan fingerprint density at radius 1 is 0.307 bits per heavy atom. The standard InChI is InChI=1S/C69H134O17P2/c1-8-9-10-11-12-13-14-18-23-29-38-45-52-68(73)86-65(57-80-67(72)51-44-37-32-31-35-42-49-62(6)7)59-84-88(77,78)82-55-63(70)54-81-87(75,76)83-58-64(56-79-66(71)50-43-36-28-25-20-22-27-34-41-48-61(4)5)85-69(74)53-46-39-30-24-19-16-15-17-21-26-33-40-47-60(2)3/h60-65,70H,8-59H2,1-7H3,(H,75,76)(H,77,78)/t63-,64-,65-/m1/s1. The number of phosphoric acid groups is 2. The number of carbonyl (C=O) groups is 4. The van der Waals surface area contributed by atoms with Crippen molar-refractivity contribution in [2.24, 2.45) is 17.8 Å². The molecule has 0 aliphatic heterocycles. The van der Waals surface area contributed by atoms with Crippen LogP contribution in [0, 0.1) is 17.8 Å². The smallest absolute Gasteiger partial charge is 0.462 e. The summed E-state index contributed by atoms with van der Waals surface area (Å²) in [5, 5.41) is 10.6. The Bertz CT molecular complexity index is 1730. The molecular formula is C69H134O17P2. The lowest BCUT2D eigenvalue weighted by molar-refractivity contribution is -0.161. The van der Waals surface area contributed by atoms with Gasteiger partial charge in [0.25, 0.3) is 0 Å². The van der Waals surface area contributed by atoms with Crippen LogP contribution < -0.4 is 0 Å². The zero-order chi connectivity index (χ0) is 65.2. The van der Waals surface area contributed by atoms with Crippen molar-refractivity contribution in [2.75, 3.05) is 39.6 Å². The number of rotatable bonds is 67. The first-order valence-electron chi connectivity index (χ1n) is 35.8. The molecule has 19 heteroatoms. The molecule has 0 heterocycles. The molecule has 0 radical (unpaired) electrons. The minimum Gasteiger partial charge on any atom is -0.462 e. The van der Waals surface area contributed by atoms with Crippen LogP contribution in [0.5, 0.6) is 0 Å². The van der Waals surface area contributed by atoms with Crippen LogP contribution in [0.15, 0.2) is 0 Å². The molecule has 0 spiro atoms. The van der Waals surface area contributed by atoms with Crippen LogP contribution in [-0.2, 0) is 65.4 Å². The topological polar surface area (TPSA) is 237 Å². The number of phosphoric ester groups is 2. The van der Waals surface area contributed by atoms with Gasteiger partial charge in [-0.25, -0.2) is 9.13 Å². The van der Waals surface area contributed by atoms with Gasteiger partial charge in [0, 0.05) is 25.7 Å². The Morgan fingerprint density at radius 3 is 0.773 bits per heavy atom. The van der Waals surface area contributed by atoms with E-state index in [2.05, 4.69) is 48.5 Å². The largest absolute Gasteiger partial charge is 0.472 e. The van der Waals surface area contributed by atoms with Gasteiger partial charge in [-0.05, 0) is 43.4 Å². The van der Waals surface area contributed by atoms with Crippen molar-refractivity contribution in [3.8, 4) is 0 Å². The summed E-state index contributed by atoms with van der Waals surface area (Å²) in [6.45, 7) is 11.8. The summed E-state index contributed by atoms with van der Waals surface area (Å²) >= 11 is 0. The summed E-state index contributed by atoms with van der Waals surface area (Å²) in [4.78, 5) is 72.5. The summed E-state index contributed by atoms with van der Waals surface area (Å²) in [6.07, 6.45) is 43.1. The molecule has 0 bridgehead atoms. The second-order valence-corrected chi connectivity index (χ2v) is 29.3. The molecule has 522 valence electrons. The van der Waals surface area contributed by atoms with Crippen LogP contribution in [0.2, 0.25) is 0 Å². The maximum Gasteiger partial charge on any atom is 0.472 e. The summed E-state index contributed by atoms with van der Waals surface area (Å²) in [7, 11) is -9.90. The lowest BCUT2D eigenvalue weighted by atomic mass is 10.0. The minimum atomic E-state index is -4.95. The maximum atomic E-state index is 13.0. The fourth-order valence-electron chi connectivity index (χ4n) is 10.4. The maximum absolute atomic E-state index is 13.0. The third kappa shape index (κ3) is 62.8. The van der Waals surface area contributed by atoms with E-state index in [9.17, 15) is 43.2 Å². The van der Waals surface area contributed by atoms with Crippen LogP contribution in [0.3, 0.4) is 0 Å². The molecule has 2 unspecified atom stereocenters. The molecule has 17 nitrogen and oxygen atoms in total. The van der Waals surface area contributed by atoms with Crippen molar-refractivity contribution in [3.05, 3.63) is 0 Å². The van der Waals surface area contributed by atoms with Gasteiger partial charge in [-0.1, -0.05) is 292 Å². The fraction of sp³-hybridized carbons (Fsp3) is 0.942. The number of aliphatic hydroxyl groups excluding tert-OH is 1. The van der Waals surface area contributed by atoms with Crippen molar-refractivity contribution in [1.29, 1.82) is 0 Å². The molecule has 0 saturated carbocycles. The second-order valence-electron chi connectivity index (χ2n) is 26.3. The van der Waals surface area contributed by atoms with Gasteiger partial charge in [0.1, 0.15) is 19.3 Å². The number of hydrogen-bond acceptors (Lipinski definition) is 15. The molecule has 0 amide bonds. The van der Waals surface area contributed by atoms with Crippen molar-refractivity contribution in [1.82, 2.24) is 0 Å². The Hall–Kier alpha value is -1.94. The Balaban J connectivity index is 5.25. The molecule has 88 heavy (non-hydrogen) atoms. The van der Waals surface area contributed by atoms with E-state index in [1.165, 1.54) is 148 Å². The molecule has 0 fully saturated rings. The molecule has 0 rings (SSSR count). The van der Waals surface area contributed by atoms with Gasteiger partial charge >= 0.3 is 39.5 Å². The van der Waals surface area contributed by atoms with E-state index in [1.54, 1.807) is 0 Å². The number of carbonyl (C=O) groups excluding carboxylic acids is 4. The number of ether oxygens (including phenoxy) is 4. The van der Waals surface area contributed by atoms with E-state index in [1.807, 2.05) is 0 Å². The lowest BCUT2D eigenvalue weighted by Gasteiger charge is -2.21. The van der Waals surface area contributed by atoms with E-state index in [-0.39, 0.29) is 25.7 Å². The quantitative estimate of drug-likeness (QED) is 0.0222. The number of hydrogen-bond donors (Lipinski definition) is 3. The normalized spacial score (nSPS) is 14.2. The van der Waals surface area contributed by atoms with Crippen LogP contribution in [0.25, 0.3) is 0 Å². The van der Waals surface area contributed by atoms with E-state index in [4.69, 9.17) is 37.0 Å². The fourth-order valence-corrected chi connectivity index (χ4v) is 11.9. The summed E-state index contributed by atoms with van der Waals surface area (Å²) < 4.78 is 68.2. The number of unbranched alkanes of at least 4 members (excludes halogenated alkanes) is 35. The first-order chi connectivity index (χ1) is 42.2. The zero-order valence-corrected chi connectivity index (χ0v) is 59.0. The van der Waals surface area contributed by atoms with Crippen molar-refractivity contribution in [3.63, 3.8) is 0 Å². The highest BCUT2D eigenvalue weighted by Gasteiger charge is 2.30.